The Balaban J connectivity index is 1.63. The standard InChI is InChI=1S/C27H34N4O4/c1-5-34-24-17-23(30-12-14-33-15-13-30)25(35-6-2)16-22(24)28-27(32)26-19(3)29-31(20(26)4)18-21-10-8-7-9-11-21/h7-11,16-17H,5-6,12-15,18H2,1-4H3,(H,28,32). The molecule has 2 heterocycles. The second kappa shape index (κ2) is 11.3. The largest absolute Gasteiger partial charge is 0.492 e. The number of hydrogen-bond acceptors (Lipinski definition) is 6. The highest BCUT2D eigenvalue weighted by Gasteiger charge is 2.23. The summed E-state index contributed by atoms with van der Waals surface area (Å²) in [6, 6.07) is 13.9. The fourth-order valence-electron chi connectivity index (χ4n) is 4.36. The normalized spacial score (nSPS) is 13.5. The molecule has 0 saturated carbocycles. The van der Waals surface area contributed by atoms with Crippen LogP contribution in [0.25, 0.3) is 0 Å². The molecule has 2 aromatic carbocycles. The van der Waals surface area contributed by atoms with Gasteiger partial charge in [0.05, 0.1) is 55.6 Å². The first-order valence-corrected chi connectivity index (χ1v) is 12.2. The number of ether oxygens (including phenoxy) is 3. The average Bonchev–Trinajstić information content (AvgIpc) is 3.14. The zero-order chi connectivity index (χ0) is 24.8. The van der Waals surface area contributed by atoms with Gasteiger partial charge in [-0.05, 0) is 33.3 Å². The van der Waals surface area contributed by atoms with E-state index in [0.29, 0.717) is 61.4 Å². The average molecular weight is 479 g/mol. The lowest BCUT2D eigenvalue weighted by Crippen LogP contribution is -2.36. The Morgan fingerprint density at radius 2 is 1.71 bits per heavy atom. The monoisotopic (exact) mass is 478 g/mol. The fraction of sp³-hybridized carbons (Fsp3) is 0.407. The molecule has 1 saturated heterocycles. The topological polar surface area (TPSA) is 77.8 Å². The van der Waals surface area contributed by atoms with Gasteiger partial charge in [0, 0.05) is 30.9 Å². The van der Waals surface area contributed by atoms with E-state index in [9.17, 15) is 4.79 Å². The smallest absolute Gasteiger partial charge is 0.259 e. The number of rotatable bonds is 9. The lowest BCUT2D eigenvalue weighted by atomic mass is 10.1. The molecule has 0 radical (unpaired) electrons. The van der Waals surface area contributed by atoms with Crippen molar-refractivity contribution in [1.29, 1.82) is 0 Å². The van der Waals surface area contributed by atoms with Crippen molar-refractivity contribution in [3.8, 4) is 11.5 Å². The Kier molecular flexibility index (Phi) is 7.92. The number of nitrogens with one attached hydrogen (secondary N) is 1. The number of nitrogens with zero attached hydrogens (tertiary/aromatic N) is 3. The van der Waals surface area contributed by atoms with Gasteiger partial charge in [-0.3, -0.25) is 9.48 Å². The van der Waals surface area contributed by atoms with E-state index in [1.165, 1.54) is 0 Å². The van der Waals surface area contributed by atoms with Crippen LogP contribution in [0.15, 0.2) is 42.5 Å². The van der Waals surface area contributed by atoms with E-state index in [2.05, 4.69) is 27.4 Å². The van der Waals surface area contributed by atoms with Gasteiger partial charge in [-0.2, -0.15) is 5.10 Å². The summed E-state index contributed by atoms with van der Waals surface area (Å²) < 4.78 is 19.3. The number of benzene rings is 2. The van der Waals surface area contributed by atoms with E-state index >= 15 is 0 Å². The highest BCUT2D eigenvalue weighted by Crippen LogP contribution is 2.39. The van der Waals surface area contributed by atoms with Gasteiger partial charge < -0.3 is 24.4 Å². The highest BCUT2D eigenvalue weighted by molar-refractivity contribution is 6.07. The predicted molar refractivity (Wildman–Crippen MR) is 137 cm³/mol. The Morgan fingerprint density at radius 1 is 1.03 bits per heavy atom. The van der Waals surface area contributed by atoms with Crippen LogP contribution in [0, 0.1) is 13.8 Å². The number of aromatic nitrogens is 2. The zero-order valence-electron chi connectivity index (χ0n) is 21.0. The molecule has 1 aromatic heterocycles. The van der Waals surface area contributed by atoms with Gasteiger partial charge in [0.1, 0.15) is 11.5 Å². The Bertz CT molecular complexity index is 1150. The van der Waals surface area contributed by atoms with E-state index < -0.39 is 0 Å². The first-order valence-electron chi connectivity index (χ1n) is 12.2. The van der Waals surface area contributed by atoms with Crippen molar-refractivity contribution in [1.82, 2.24) is 9.78 Å². The molecule has 0 unspecified atom stereocenters. The van der Waals surface area contributed by atoms with Crippen LogP contribution in [0.4, 0.5) is 11.4 Å². The van der Waals surface area contributed by atoms with Crippen molar-refractivity contribution < 1.29 is 19.0 Å². The van der Waals surface area contributed by atoms with E-state index in [-0.39, 0.29) is 5.91 Å². The molecule has 35 heavy (non-hydrogen) atoms. The first-order chi connectivity index (χ1) is 17.0. The molecule has 186 valence electrons. The number of anilines is 2. The number of hydrogen-bond donors (Lipinski definition) is 1. The van der Waals surface area contributed by atoms with Gasteiger partial charge in [-0.1, -0.05) is 30.3 Å². The fourth-order valence-corrected chi connectivity index (χ4v) is 4.36. The van der Waals surface area contributed by atoms with Crippen LogP contribution in [-0.4, -0.2) is 55.2 Å². The van der Waals surface area contributed by atoms with Crippen molar-refractivity contribution in [2.75, 3.05) is 49.7 Å². The molecule has 1 N–H and O–H groups in total. The number of carbonyl (C=O) groups excluding carboxylic acids is 1. The first kappa shape index (κ1) is 24.6. The summed E-state index contributed by atoms with van der Waals surface area (Å²) in [5, 5.41) is 7.69. The van der Waals surface area contributed by atoms with Crippen molar-refractivity contribution >= 4 is 17.3 Å². The van der Waals surface area contributed by atoms with Gasteiger partial charge in [0.2, 0.25) is 0 Å². The van der Waals surface area contributed by atoms with E-state index in [1.54, 1.807) is 0 Å². The lowest BCUT2D eigenvalue weighted by Gasteiger charge is -2.31. The van der Waals surface area contributed by atoms with E-state index in [0.717, 1.165) is 30.0 Å². The molecule has 1 aliphatic heterocycles. The van der Waals surface area contributed by atoms with E-state index in [4.69, 9.17) is 14.2 Å². The minimum atomic E-state index is -0.221. The van der Waals surface area contributed by atoms with Crippen LogP contribution in [0.2, 0.25) is 0 Å². The Labute approximate surface area is 206 Å². The van der Waals surface area contributed by atoms with Gasteiger partial charge in [0.15, 0.2) is 0 Å². The van der Waals surface area contributed by atoms with Crippen molar-refractivity contribution in [2.24, 2.45) is 0 Å². The summed E-state index contributed by atoms with van der Waals surface area (Å²) in [5.41, 5.74) is 4.72. The van der Waals surface area contributed by atoms with Crippen molar-refractivity contribution in [2.45, 2.75) is 34.2 Å². The maximum absolute atomic E-state index is 13.4. The molecule has 1 aliphatic rings. The number of carbonyl (C=O) groups is 1. The van der Waals surface area contributed by atoms with Crippen molar-refractivity contribution in [3.63, 3.8) is 0 Å². The quantitative estimate of drug-likeness (QED) is 0.490. The van der Waals surface area contributed by atoms with Crippen LogP contribution in [0.1, 0.15) is 41.2 Å². The number of amides is 1. The Hall–Kier alpha value is -3.52. The third kappa shape index (κ3) is 5.59. The third-order valence-corrected chi connectivity index (χ3v) is 6.04. The molecule has 0 atom stereocenters. The molecule has 1 amide bonds. The molecule has 1 fully saturated rings. The van der Waals surface area contributed by atoms with Crippen LogP contribution in [0.5, 0.6) is 11.5 Å². The van der Waals surface area contributed by atoms with E-state index in [1.807, 2.05) is 62.7 Å². The number of morpholine rings is 1. The molecular formula is C27H34N4O4. The molecule has 0 spiro atoms. The van der Waals surface area contributed by atoms with Crippen molar-refractivity contribution in [3.05, 3.63) is 65.0 Å². The maximum atomic E-state index is 13.4. The summed E-state index contributed by atoms with van der Waals surface area (Å²) >= 11 is 0. The SMILES string of the molecule is CCOc1cc(N2CCOCC2)c(OCC)cc1NC(=O)c1c(C)nn(Cc2ccccc2)c1C. The van der Waals surface area contributed by atoms with Crippen LogP contribution >= 0.6 is 0 Å². The minimum Gasteiger partial charge on any atom is -0.492 e. The Morgan fingerprint density at radius 3 is 2.40 bits per heavy atom. The molecule has 3 aromatic rings. The summed E-state index contributed by atoms with van der Waals surface area (Å²) in [7, 11) is 0. The van der Waals surface area contributed by atoms with Crippen LogP contribution in [-0.2, 0) is 11.3 Å². The lowest BCUT2D eigenvalue weighted by molar-refractivity contribution is 0.102. The predicted octanol–water partition coefficient (Wildman–Crippen LogP) is 4.43. The van der Waals surface area contributed by atoms with Gasteiger partial charge in [-0.15, -0.1) is 0 Å². The summed E-state index contributed by atoms with van der Waals surface area (Å²) in [6.45, 7) is 12.1. The van der Waals surface area contributed by atoms with Gasteiger partial charge >= 0.3 is 0 Å². The van der Waals surface area contributed by atoms with Gasteiger partial charge in [-0.25, -0.2) is 0 Å². The molecule has 0 bridgehead atoms. The number of aryl methyl sites for hydroxylation is 1. The molecule has 4 rings (SSSR count). The second-order valence-corrected chi connectivity index (χ2v) is 8.42. The summed E-state index contributed by atoms with van der Waals surface area (Å²) in [6.07, 6.45) is 0. The van der Waals surface area contributed by atoms with Gasteiger partial charge in [0.25, 0.3) is 5.91 Å². The molecule has 0 aliphatic carbocycles. The molecular weight excluding hydrogens is 444 g/mol. The molecule has 8 nitrogen and oxygen atoms in total. The molecule has 8 heteroatoms. The zero-order valence-corrected chi connectivity index (χ0v) is 21.0. The third-order valence-electron chi connectivity index (χ3n) is 6.04. The summed E-state index contributed by atoms with van der Waals surface area (Å²) in [5.74, 6) is 1.10. The maximum Gasteiger partial charge on any atom is 0.259 e. The van der Waals surface area contributed by atoms with Crippen LogP contribution < -0.4 is 19.7 Å². The van der Waals surface area contributed by atoms with Crippen LogP contribution in [0.3, 0.4) is 0 Å². The minimum absolute atomic E-state index is 0.221. The summed E-state index contributed by atoms with van der Waals surface area (Å²) in [4.78, 5) is 15.7. The second-order valence-electron chi connectivity index (χ2n) is 8.42. The highest BCUT2D eigenvalue weighted by atomic mass is 16.5.